The topological polar surface area (TPSA) is 12.0 Å². The fourth-order valence-electron chi connectivity index (χ4n) is 1.86. The third kappa shape index (κ3) is 2.86. The van der Waals surface area contributed by atoms with Crippen molar-refractivity contribution in [2.45, 2.75) is 13.0 Å². The number of halogens is 5. The van der Waals surface area contributed by atoms with Crippen molar-refractivity contribution in [3.8, 4) is 0 Å². The SMILES string of the molecule is CC(Nc1c(F)cccc1F)c1c(Cl)ccc(F)c1Cl. The Kier molecular flexibility index (Phi) is 4.45. The molecule has 0 amide bonds. The molecule has 20 heavy (non-hydrogen) atoms. The van der Waals surface area contributed by atoms with E-state index in [2.05, 4.69) is 5.32 Å². The second-order valence-electron chi connectivity index (χ2n) is 4.22. The first kappa shape index (κ1) is 15.0. The van der Waals surface area contributed by atoms with Crippen LogP contribution in [0.2, 0.25) is 10.0 Å². The summed E-state index contributed by atoms with van der Waals surface area (Å²) in [5.74, 6) is -2.14. The smallest absolute Gasteiger partial charge is 0.149 e. The van der Waals surface area contributed by atoms with Gasteiger partial charge in [0.05, 0.1) is 11.1 Å². The standard InChI is InChI=1S/C14H10Cl2F3N/c1-7(12-8(15)5-6-9(17)13(12)16)20-14-10(18)3-2-4-11(14)19/h2-7,20H,1H3. The number of hydrogen-bond acceptors (Lipinski definition) is 1. The van der Waals surface area contributed by atoms with Crippen LogP contribution >= 0.6 is 23.2 Å². The van der Waals surface area contributed by atoms with E-state index in [1.54, 1.807) is 6.92 Å². The maximum absolute atomic E-state index is 13.6. The van der Waals surface area contributed by atoms with Gasteiger partial charge in [0.1, 0.15) is 23.1 Å². The van der Waals surface area contributed by atoms with E-state index in [1.165, 1.54) is 12.1 Å². The first-order chi connectivity index (χ1) is 9.41. The molecule has 0 heterocycles. The molecule has 0 saturated heterocycles. The molecule has 0 saturated carbocycles. The highest BCUT2D eigenvalue weighted by Crippen LogP contribution is 2.34. The largest absolute Gasteiger partial charge is 0.374 e. The van der Waals surface area contributed by atoms with Gasteiger partial charge in [-0.05, 0) is 31.2 Å². The molecule has 1 unspecified atom stereocenters. The van der Waals surface area contributed by atoms with E-state index < -0.39 is 23.5 Å². The Morgan fingerprint density at radius 3 is 2.15 bits per heavy atom. The monoisotopic (exact) mass is 319 g/mol. The quantitative estimate of drug-likeness (QED) is 0.728. The third-order valence-corrected chi connectivity index (χ3v) is 3.55. The molecule has 2 aromatic rings. The van der Waals surface area contributed by atoms with Gasteiger partial charge in [-0.25, -0.2) is 13.2 Å². The molecule has 0 bridgehead atoms. The van der Waals surface area contributed by atoms with Crippen molar-refractivity contribution in [1.29, 1.82) is 0 Å². The summed E-state index contributed by atoms with van der Waals surface area (Å²) in [4.78, 5) is 0. The van der Waals surface area contributed by atoms with Crippen molar-refractivity contribution >= 4 is 28.9 Å². The first-order valence-electron chi connectivity index (χ1n) is 5.75. The molecule has 0 spiro atoms. The van der Waals surface area contributed by atoms with E-state index in [1.807, 2.05) is 0 Å². The van der Waals surface area contributed by atoms with Gasteiger partial charge in [0.25, 0.3) is 0 Å². The van der Waals surface area contributed by atoms with E-state index in [4.69, 9.17) is 23.2 Å². The maximum atomic E-state index is 13.6. The van der Waals surface area contributed by atoms with Gasteiger partial charge in [-0.15, -0.1) is 0 Å². The van der Waals surface area contributed by atoms with Crippen molar-refractivity contribution in [2.24, 2.45) is 0 Å². The Morgan fingerprint density at radius 1 is 0.950 bits per heavy atom. The lowest BCUT2D eigenvalue weighted by Gasteiger charge is -2.19. The summed E-state index contributed by atoms with van der Waals surface area (Å²) in [6.07, 6.45) is 0. The molecule has 1 atom stereocenters. The molecule has 2 rings (SSSR count). The average Bonchev–Trinajstić information content (AvgIpc) is 2.39. The van der Waals surface area contributed by atoms with Crippen molar-refractivity contribution in [3.63, 3.8) is 0 Å². The van der Waals surface area contributed by atoms with Gasteiger partial charge in [-0.3, -0.25) is 0 Å². The van der Waals surface area contributed by atoms with E-state index in [-0.39, 0.29) is 21.3 Å². The Balaban J connectivity index is 2.38. The second-order valence-corrected chi connectivity index (χ2v) is 5.00. The maximum Gasteiger partial charge on any atom is 0.149 e. The summed E-state index contributed by atoms with van der Waals surface area (Å²) in [7, 11) is 0. The van der Waals surface area contributed by atoms with Crippen molar-refractivity contribution in [1.82, 2.24) is 0 Å². The van der Waals surface area contributed by atoms with Crippen LogP contribution in [-0.4, -0.2) is 0 Å². The highest BCUT2D eigenvalue weighted by atomic mass is 35.5. The molecular weight excluding hydrogens is 310 g/mol. The van der Waals surface area contributed by atoms with E-state index in [0.29, 0.717) is 0 Å². The van der Waals surface area contributed by atoms with Crippen LogP contribution in [0.25, 0.3) is 0 Å². The fourth-order valence-corrected chi connectivity index (χ4v) is 2.56. The number of hydrogen-bond donors (Lipinski definition) is 1. The van der Waals surface area contributed by atoms with Crippen molar-refractivity contribution in [3.05, 3.63) is 63.4 Å². The summed E-state index contributed by atoms with van der Waals surface area (Å²) >= 11 is 11.8. The summed E-state index contributed by atoms with van der Waals surface area (Å²) in [6.45, 7) is 1.58. The summed E-state index contributed by atoms with van der Waals surface area (Å²) in [5.41, 5.74) is -0.0626. The van der Waals surface area contributed by atoms with Crippen LogP contribution in [0.3, 0.4) is 0 Å². The fraction of sp³-hybridized carbons (Fsp3) is 0.143. The van der Waals surface area contributed by atoms with Crippen LogP contribution in [0.5, 0.6) is 0 Å². The molecular formula is C14H10Cl2F3N. The predicted molar refractivity (Wildman–Crippen MR) is 74.8 cm³/mol. The molecule has 0 radical (unpaired) electrons. The lowest BCUT2D eigenvalue weighted by molar-refractivity contribution is 0.584. The second kappa shape index (κ2) is 5.94. The summed E-state index contributed by atoms with van der Waals surface area (Å²) in [6, 6.07) is 5.29. The summed E-state index contributed by atoms with van der Waals surface area (Å²) < 4.78 is 40.6. The molecule has 0 aliphatic rings. The van der Waals surface area contributed by atoms with Crippen LogP contribution in [-0.2, 0) is 0 Å². The Bertz CT molecular complexity index is 626. The van der Waals surface area contributed by atoms with Crippen molar-refractivity contribution in [2.75, 3.05) is 5.32 Å². The molecule has 2 aromatic carbocycles. The highest BCUT2D eigenvalue weighted by molar-refractivity contribution is 6.36. The van der Waals surface area contributed by atoms with Gasteiger partial charge >= 0.3 is 0 Å². The Hall–Kier alpha value is -1.39. The molecule has 106 valence electrons. The van der Waals surface area contributed by atoms with Crippen LogP contribution in [0.4, 0.5) is 18.9 Å². The predicted octanol–water partition coefficient (Wildman–Crippen LogP) is 5.58. The molecule has 0 aliphatic carbocycles. The number of para-hydroxylation sites is 1. The Labute approximate surface area is 124 Å². The van der Waals surface area contributed by atoms with E-state index >= 15 is 0 Å². The van der Waals surface area contributed by atoms with Gasteiger partial charge in [-0.2, -0.15) is 0 Å². The van der Waals surface area contributed by atoms with Crippen LogP contribution in [0.1, 0.15) is 18.5 Å². The highest BCUT2D eigenvalue weighted by Gasteiger charge is 2.19. The number of nitrogens with one attached hydrogen (secondary N) is 1. The molecule has 1 nitrogen and oxygen atoms in total. The normalized spacial score (nSPS) is 12.3. The van der Waals surface area contributed by atoms with E-state index in [9.17, 15) is 13.2 Å². The zero-order chi connectivity index (χ0) is 14.9. The minimum Gasteiger partial charge on any atom is -0.374 e. The molecule has 0 fully saturated rings. The molecule has 6 heteroatoms. The average molecular weight is 320 g/mol. The van der Waals surface area contributed by atoms with Gasteiger partial charge in [0.2, 0.25) is 0 Å². The van der Waals surface area contributed by atoms with Crippen LogP contribution in [0.15, 0.2) is 30.3 Å². The Morgan fingerprint density at radius 2 is 1.55 bits per heavy atom. The summed E-state index contributed by atoms with van der Waals surface area (Å²) in [5, 5.41) is 2.66. The van der Waals surface area contributed by atoms with Gasteiger partial charge in [0.15, 0.2) is 0 Å². The van der Waals surface area contributed by atoms with Gasteiger partial charge in [0, 0.05) is 10.6 Å². The first-order valence-corrected chi connectivity index (χ1v) is 6.51. The lowest BCUT2D eigenvalue weighted by Crippen LogP contribution is -2.11. The van der Waals surface area contributed by atoms with Crippen LogP contribution in [0, 0.1) is 17.5 Å². The third-order valence-electron chi connectivity index (χ3n) is 2.84. The molecule has 0 aliphatic heterocycles. The van der Waals surface area contributed by atoms with E-state index in [0.717, 1.165) is 18.2 Å². The minimum absolute atomic E-state index is 0.172. The number of rotatable bonds is 3. The molecule has 1 N–H and O–H groups in total. The molecule has 0 aromatic heterocycles. The zero-order valence-corrected chi connectivity index (χ0v) is 11.9. The van der Waals surface area contributed by atoms with Crippen molar-refractivity contribution < 1.29 is 13.2 Å². The lowest BCUT2D eigenvalue weighted by atomic mass is 10.1. The number of anilines is 1. The zero-order valence-electron chi connectivity index (χ0n) is 10.4. The number of benzene rings is 2. The van der Waals surface area contributed by atoms with Gasteiger partial charge < -0.3 is 5.32 Å². The van der Waals surface area contributed by atoms with Crippen LogP contribution < -0.4 is 5.32 Å². The minimum atomic E-state index is -0.750. The van der Waals surface area contributed by atoms with Gasteiger partial charge in [-0.1, -0.05) is 29.3 Å².